The van der Waals surface area contributed by atoms with Gasteiger partial charge in [0.05, 0.1) is 34.2 Å². The lowest BCUT2D eigenvalue weighted by Gasteiger charge is -2.12. The molecule has 3 aromatic carbocycles. The van der Waals surface area contributed by atoms with E-state index in [0.717, 1.165) is 89.8 Å². The maximum absolute atomic E-state index is 5.02. The van der Waals surface area contributed by atoms with Gasteiger partial charge >= 0.3 is 0 Å². The second-order valence-electron chi connectivity index (χ2n) is 12.9. The molecule has 0 unspecified atom stereocenters. The number of hydrogen-bond acceptors (Lipinski definition) is 6. The Kier molecular flexibility index (Phi) is 8.81. The van der Waals surface area contributed by atoms with Gasteiger partial charge in [-0.1, -0.05) is 97.1 Å². The largest absolute Gasteiger partial charge is 0.263 e. The first kappa shape index (κ1) is 32.5. The van der Waals surface area contributed by atoms with E-state index < -0.39 is 0 Å². The van der Waals surface area contributed by atoms with Crippen LogP contribution in [-0.4, -0.2) is 29.9 Å². The van der Waals surface area contributed by atoms with Crippen LogP contribution in [-0.2, 0) is 0 Å². The molecule has 9 rings (SSSR count). The first-order chi connectivity index (χ1) is 26.7. The van der Waals surface area contributed by atoms with Crippen molar-refractivity contribution in [1.82, 2.24) is 29.9 Å². The maximum atomic E-state index is 5.02. The van der Waals surface area contributed by atoms with Gasteiger partial charge < -0.3 is 0 Å². The molecule has 6 heterocycles. The number of aromatic nitrogens is 6. The van der Waals surface area contributed by atoms with Crippen LogP contribution in [0.2, 0.25) is 0 Å². The quantitative estimate of drug-likeness (QED) is 0.158. The summed E-state index contributed by atoms with van der Waals surface area (Å²) < 4.78 is 0. The van der Waals surface area contributed by atoms with Gasteiger partial charge in [0, 0.05) is 70.6 Å². The molecule has 54 heavy (non-hydrogen) atoms. The summed E-state index contributed by atoms with van der Waals surface area (Å²) in [4.78, 5) is 27.9. The first-order valence-corrected chi connectivity index (χ1v) is 17.7. The molecule has 0 aliphatic carbocycles. The molecule has 0 saturated heterocycles. The molecule has 0 aliphatic heterocycles. The van der Waals surface area contributed by atoms with Crippen molar-refractivity contribution in [2.75, 3.05) is 0 Å². The van der Waals surface area contributed by atoms with Gasteiger partial charge in [-0.3, -0.25) is 19.9 Å². The molecule has 0 spiro atoms. The van der Waals surface area contributed by atoms with Gasteiger partial charge in [0.25, 0.3) is 0 Å². The number of benzene rings is 3. The van der Waals surface area contributed by atoms with E-state index in [0.29, 0.717) is 0 Å². The Bertz CT molecular complexity index is 2510. The minimum absolute atomic E-state index is 0.865. The van der Waals surface area contributed by atoms with E-state index in [2.05, 4.69) is 105 Å². The van der Waals surface area contributed by atoms with Gasteiger partial charge in [-0.05, 0) is 82.9 Å². The van der Waals surface area contributed by atoms with E-state index in [1.165, 1.54) is 0 Å². The van der Waals surface area contributed by atoms with E-state index in [4.69, 9.17) is 9.97 Å². The van der Waals surface area contributed by atoms with Gasteiger partial charge in [0.1, 0.15) is 0 Å². The van der Waals surface area contributed by atoms with Crippen molar-refractivity contribution < 1.29 is 0 Å². The van der Waals surface area contributed by atoms with E-state index in [1.807, 2.05) is 97.6 Å². The molecule has 6 heteroatoms. The highest BCUT2D eigenvalue weighted by Gasteiger charge is 2.12. The van der Waals surface area contributed by atoms with Gasteiger partial charge in [-0.25, -0.2) is 9.97 Å². The third kappa shape index (κ3) is 6.79. The molecule has 6 aromatic heterocycles. The zero-order valence-electron chi connectivity index (χ0n) is 29.2. The van der Waals surface area contributed by atoms with Crippen molar-refractivity contribution in [3.05, 3.63) is 195 Å². The van der Waals surface area contributed by atoms with Crippen LogP contribution in [0.5, 0.6) is 0 Å². The lowest BCUT2D eigenvalue weighted by atomic mass is 9.93. The Morgan fingerprint density at radius 1 is 0.259 bits per heavy atom. The fourth-order valence-corrected chi connectivity index (χ4v) is 6.65. The van der Waals surface area contributed by atoms with Crippen molar-refractivity contribution >= 4 is 0 Å². The third-order valence-corrected chi connectivity index (χ3v) is 9.40. The normalized spacial score (nSPS) is 11.0. The molecule has 9 aromatic rings. The Morgan fingerprint density at radius 3 is 0.981 bits per heavy atom. The van der Waals surface area contributed by atoms with Crippen LogP contribution in [0.3, 0.4) is 0 Å². The van der Waals surface area contributed by atoms with Crippen molar-refractivity contribution in [2.45, 2.75) is 0 Å². The molecule has 0 amide bonds. The standard InChI is InChI=1S/C48H32N6/c1-2-10-42(34-19-23-36(24-20-34)46-14-8-16-48(54-46)40-28-38(30-50-32-40)44-12-4-6-26-52-44)41(9-1)33-17-21-35(22-18-33)45-13-7-15-47(53-45)39-27-37(29-49-31-39)43-11-3-5-25-51-43/h1-32H. The Labute approximate surface area is 313 Å². The molecule has 0 radical (unpaired) electrons. The zero-order chi connectivity index (χ0) is 36.1. The number of rotatable bonds is 8. The summed E-state index contributed by atoms with van der Waals surface area (Å²) in [7, 11) is 0. The zero-order valence-corrected chi connectivity index (χ0v) is 29.2. The fraction of sp³-hybridized carbons (Fsp3) is 0. The molecule has 0 saturated carbocycles. The lowest BCUT2D eigenvalue weighted by Crippen LogP contribution is -1.91. The molecule has 0 aliphatic rings. The molecule has 0 N–H and O–H groups in total. The van der Waals surface area contributed by atoms with Crippen molar-refractivity contribution in [3.8, 4) is 89.8 Å². The summed E-state index contributed by atoms with van der Waals surface area (Å²) in [6.45, 7) is 0. The minimum atomic E-state index is 0.865. The van der Waals surface area contributed by atoms with Crippen LogP contribution in [0.15, 0.2) is 195 Å². The predicted molar refractivity (Wildman–Crippen MR) is 217 cm³/mol. The molecule has 254 valence electrons. The monoisotopic (exact) mass is 692 g/mol. The van der Waals surface area contributed by atoms with E-state index >= 15 is 0 Å². The summed E-state index contributed by atoms with van der Waals surface area (Å²) >= 11 is 0. The van der Waals surface area contributed by atoms with Gasteiger partial charge in [0.2, 0.25) is 0 Å². The summed E-state index contributed by atoms with van der Waals surface area (Å²) in [6, 6.07) is 54.0. The topological polar surface area (TPSA) is 77.3 Å². The average Bonchev–Trinajstić information content (AvgIpc) is 3.27. The minimum Gasteiger partial charge on any atom is -0.263 e. The number of hydrogen-bond donors (Lipinski definition) is 0. The van der Waals surface area contributed by atoms with Crippen molar-refractivity contribution in [1.29, 1.82) is 0 Å². The van der Waals surface area contributed by atoms with Crippen LogP contribution in [0.1, 0.15) is 0 Å². The Hall–Kier alpha value is -7.44. The predicted octanol–water partition coefficient (Wildman–Crippen LogP) is 11.4. The molecular weight excluding hydrogens is 661 g/mol. The number of pyridine rings is 6. The first-order valence-electron chi connectivity index (χ1n) is 17.7. The highest BCUT2D eigenvalue weighted by Crippen LogP contribution is 2.35. The average molecular weight is 693 g/mol. The van der Waals surface area contributed by atoms with Crippen molar-refractivity contribution in [3.63, 3.8) is 0 Å². The maximum Gasteiger partial charge on any atom is 0.0725 e. The van der Waals surface area contributed by atoms with Crippen molar-refractivity contribution in [2.24, 2.45) is 0 Å². The Balaban J connectivity index is 0.955. The third-order valence-electron chi connectivity index (χ3n) is 9.40. The van der Waals surface area contributed by atoms with Gasteiger partial charge in [0.15, 0.2) is 0 Å². The van der Waals surface area contributed by atoms with Crippen LogP contribution in [0, 0.1) is 0 Å². The van der Waals surface area contributed by atoms with E-state index in [1.54, 1.807) is 12.4 Å². The fourth-order valence-electron chi connectivity index (χ4n) is 6.65. The van der Waals surface area contributed by atoms with Gasteiger partial charge in [-0.15, -0.1) is 0 Å². The van der Waals surface area contributed by atoms with E-state index in [-0.39, 0.29) is 0 Å². The number of nitrogens with zero attached hydrogens (tertiary/aromatic N) is 6. The van der Waals surface area contributed by atoms with Gasteiger partial charge in [-0.2, -0.15) is 0 Å². The summed E-state index contributed by atoms with van der Waals surface area (Å²) in [5.74, 6) is 0. The second kappa shape index (κ2) is 14.7. The highest BCUT2D eigenvalue weighted by atomic mass is 14.7. The van der Waals surface area contributed by atoms with E-state index in [9.17, 15) is 0 Å². The summed E-state index contributed by atoms with van der Waals surface area (Å²) in [5, 5.41) is 0. The second-order valence-corrected chi connectivity index (χ2v) is 12.9. The van der Waals surface area contributed by atoms with Crippen LogP contribution in [0.4, 0.5) is 0 Å². The molecule has 6 nitrogen and oxygen atoms in total. The highest BCUT2D eigenvalue weighted by molar-refractivity contribution is 5.85. The SMILES string of the molecule is c1ccc(-c2cncc(-c3cccc(-c4ccc(-c5ccccc5-c5ccc(-c6cccc(-c7cncc(-c8ccccn8)c7)n6)cc5)cc4)n3)c2)nc1. The molecule has 0 atom stereocenters. The summed E-state index contributed by atoms with van der Waals surface area (Å²) in [5.41, 5.74) is 15.8. The van der Waals surface area contributed by atoms with Crippen LogP contribution >= 0.6 is 0 Å². The van der Waals surface area contributed by atoms with Crippen LogP contribution < -0.4 is 0 Å². The van der Waals surface area contributed by atoms with Crippen LogP contribution in [0.25, 0.3) is 89.8 Å². The Morgan fingerprint density at radius 2 is 0.593 bits per heavy atom. The smallest absolute Gasteiger partial charge is 0.0725 e. The molecule has 0 fully saturated rings. The lowest BCUT2D eigenvalue weighted by molar-refractivity contribution is 1.26. The molecule has 0 bridgehead atoms. The molecular formula is C48H32N6. The summed E-state index contributed by atoms with van der Waals surface area (Å²) in [6.07, 6.45) is 10.9.